The van der Waals surface area contributed by atoms with Crippen LogP contribution in [0.15, 0.2) is 60.9 Å². The molecule has 1 saturated heterocycles. The fourth-order valence-electron chi connectivity index (χ4n) is 6.77. The van der Waals surface area contributed by atoms with E-state index < -0.39 is 25.7 Å². The number of benzene rings is 2. The van der Waals surface area contributed by atoms with Gasteiger partial charge >= 0.3 is 5.97 Å². The lowest BCUT2D eigenvalue weighted by Gasteiger charge is -2.39. The lowest BCUT2D eigenvalue weighted by molar-refractivity contribution is -0.385. The monoisotopic (exact) mass is 741 g/mol. The lowest BCUT2D eigenvalue weighted by Crippen LogP contribution is -2.55. The van der Waals surface area contributed by atoms with Crippen molar-refractivity contribution in [1.82, 2.24) is 14.5 Å². The van der Waals surface area contributed by atoms with Gasteiger partial charge in [0.05, 0.1) is 17.2 Å². The van der Waals surface area contributed by atoms with Crippen molar-refractivity contribution < 1.29 is 33.5 Å². The number of anilines is 1. The van der Waals surface area contributed by atoms with Crippen LogP contribution in [0.1, 0.15) is 67.6 Å². The molecule has 1 aliphatic heterocycles. The Hall–Kier alpha value is -5.08. The van der Waals surface area contributed by atoms with E-state index in [0.717, 1.165) is 35.5 Å². The first-order valence-corrected chi connectivity index (χ1v) is 21.7. The van der Waals surface area contributed by atoms with Crippen LogP contribution in [-0.2, 0) is 32.2 Å². The van der Waals surface area contributed by atoms with Gasteiger partial charge < -0.3 is 28.6 Å². The number of carbonyl (C=O) groups excluding carboxylic acids is 3. The molecule has 2 aromatic heterocycles. The number of ether oxygens (including phenoxy) is 3. The summed E-state index contributed by atoms with van der Waals surface area (Å²) in [5.41, 5.74) is 1.85. The van der Waals surface area contributed by atoms with Crippen LogP contribution in [0.5, 0.6) is 11.5 Å². The van der Waals surface area contributed by atoms with Crippen LogP contribution >= 0.6 is 0 Å². The van der Waals surface area contributed by atoms with E-state index in [0.29, 0.717) is 43.2 Å². The third-order valence-electron chi connectivity index (χ3n) is 9.42. The quantitative estimate of drug-likeness (QED) is 0.0378. The molecule has 2 aliphatic rings. The van der Waals surface area contributed by atoms with E-state index in [1.807, 2.05) is 29.0 Å². The lowest BCUT2D eigenvalue weighted by atomic mass is 9.95. The topological polar surface area (TPSA) is 146 Å². The van der Waals surface area contributed by atoms with Gasteiger partial charge in [0.2, 0.25) is 11.8 Å². The molecule has 53 heavy (non-hydrogen) atoms. The highest BCUT2D eigenvalue weighted by molar-refractivity contribution is 6.76. The van der Waals surface area contributed by atoms with E-state index in [2.05, 4.69) is 24.6 Å². The number of pyridine rings is 1. The van der Waals surface area contributed by atoms with Crippen LogP contribution in [0.4, 0.5) is 11.4 Å². The van der Waals surface area contributed by atoms with E-state index in [4.69, 9.17) is 14.2 Å². The molecule has 1 fully saturated rings. The summed E-state index contributed by atoms with van der Waals surface area (Å²) in [5, 5.41) is 12.6. The number of piperazine rings is 1. The average molecular weight is 742 g/mol. The molecule has 0 unspecified atom stereocenters. The van der Waals surface area contributed by atoms with Crippen LogP contribution in [0.3, 0.4) is 0 Å². The number of rotatable bonds is 11. The first-order valence-electron chi connectivity index (χ1n) is 18.0. The summed E-state index contributed by atoms with van der Waals surface area (Å²) in [6.07, 6.45) is 6.13. The molecule has 2 amide bonds. The fourth-order valence-corrected chi connectivity index (χ4v) is 7.53. The first kappa shape index (κ1) is 37.7. The molecule has 0 spiro atoms. The van der Waals surface area contributed by atoms with E-state index in [1.165, 1.54) is 17.0 Å². The molecule has 2 aromatic carbocycles. The Morgan fingerprint density at radius 1 is 1.04 bits per heavy atom. The smallest absolute Gasteiger partial charge is 0.342 e. The second kappa shape index (κ2) is 15.1. The number of fused-ring (bicyclic) bond motifs is 2. The zero-order chi connectivity index (χ0) is 38.1. The fraction of sp³-hybridized carbons (Fsp3) is 0.436. The van der Waals surface area contributed by atoms with Gasteiger partial charge in [-0.15, -0.1) is 0 Å². The largest absolute Gasteiger partial charge is 0.456 e. The Bertz CT molecular complexity index is 2050. The Morgan fingerprint density at radius 2 is 1.83 bits per heavy atom. The minimum atomic E-state index is -1.21. The molecule has 3 heterocycles. The van der Waals surface area contributed by atoms with Gasteiger partial charge in [0.15, 0.2) is 0 Å². The molecule has 280 valence electrons. The number of nitro groups is 1. The number of esters is 1. The number of nitrogens with zero attached hydrogens (tertiary/aromatic N) is 5. The van der Waals surface area contributed by atoms with E-state index in [-0.39, 0.29) is 46.8 Å². The van der Waals surface area contributed by atoms with Gasteiger partial charge in [0.25, 0.3) is 5.69 Å². The predicted octanol–water partition coefficient (Wildman–Crippen LogP) is 7.65. The SMILES string of the molecule is CC(C)(C)OC(=O)c1ccc(N2CC(=O)N([C@@H]3CCCCc4c3cccc4[N+](=O)[O-])CC2=O)cc1Oc1cnc2c(ccn2COCC[Si](C)(C)C)c1. The molecule has 0 radical (unpaired) electrons. The third kappa shape index (κ3) is 8.77. The summed E-state index contributed by atoms with van der Waals surface area (Å²) in [6.45, 7) is 12.8. The molecule has 0 N–H and O–H groups in total. The van der Waals surface area contributed by atoms with Gasteiger partial charge in [0, 0.05) is 49.6 Å². The highest BCUT2D eigenvalue weighted by Crippen LogP contribution is 2.39. The van der Waals surface area contributed by atoms with Crippen LogP contribution in [0.2, 0.25) is 25.7 Å². The summed E-state index contributed by atoms with van der Waals surface area (Å²) >= 11 is 0. The highest BCUT2D eigenvalue weighted by atomic mass is 28.3. The molecular formula is C39H47N5O8Si. The summed E-state index contributed by atoms with van der Waals surface area (Å²) in [6, 6.07) is 14.0. The summed E-state index contributed by atoms with van der Waals surface area (Å²) in [5.74, 6) is -0.711. The number of carbonyl (C=O) groups is 3. The van der Waals surface area contributed by atoms with Crippen LogP contribution in [0, 0.1) is 10.1 Å². The number of amides is 2. The van der Waals surface area contributed by atoms with Gasteiger partial charge in [-0.3, -0.25) is 19.7 Å². The van der Waals surface area contributed by atoms with Crippen LogP contribution < -0.4 is 9.64 Å². The maximum absolute atomic E-state index is 13.8. The average Bonchev–Trinajstić information content (AvgIpc) is 3.35. The summed E-state index contributed by atoms with van der Waals surface area (Å²) in [4.78, 5) is 59.9. The summed E-state index contributed by atoms with van der Waals surface area (Å²) in [7, 11) is -1.21. The van der Waals surface area contributed by atoms with Crippen molar-refractivity contribution in [3.63, 3.8) is 0 Å². The van der Waals surface area contributed by atoms with Crippen molar-refractivity contribution in [2.75, 3.05) is 24.6 Å². The molecule has 0 bridgehead atoms. The van der Waals surface area contributed by atoms with Gasteiger partial charge in [-0.25, -0.2) is 9.78 Å². The normalized spacial score (nSPS) is 16.8. The van der Waals surface area contributed by atoms with Crippen molar-refractivity contribution >= 4 is 48.3 Å². The Kier molecular flexibility index (Phi) is 10.7. The molecule has 0 saturated carbocycles. The van der Waals surface area contributed by atoms with Crippen molar-refractivity contribution in [2.45, 2.75) is 90.5 Å². The van der Waals surface area contributed by atoms with Crippen molar-refractivity contribution in [3.8, 4) is 11.5 Å². The second-order valence-corrected chi connectivity index (χ2v) is 21.5. The molecule has 4 aromatic rings. The minimum absolute atomic E-state index is 0.0400. The van der Waals surface area contributed by atoms with E-state index in [1.54, 1.807) is 50.1 Å². The Morgan fingerprint density at radius 3 is 2.57 bits per heavy atom. The zero-order valence-electron chi connectivity index (χ0n) is 31.2. The van der Waals surface area contributed by atoms with E-state index in [9.17, 15) is 24.5 Å². The second-order valence-electron chi connectivity index (χ2n) is 15.9. The summed E-state index contributed by atoms with van der Waals surface area (Å²) < 4.78 is 19.8. The predicted molar refractivity (Wildman–Crippen MR) is 203 cm³/mol. The Labute approximate surface area is 310 Å². The van der Waals surface area contributed by atoms with Gasteiger partial charge in [0.1, 0.15) is 48.1 Å². The standard InChI is InChI=1S/C39H47N5O8Si/c1-39(2,3)52-38(47)31-15-14-27(21-34(31)51-28-20-26-16-17-41(37(26)40-22-28)25-50-18-19-53(4,5)6)42-23-36(46)43(24-35(42)45)32-12-8-7-10-30-29(32)11-9-13-33(30)44(48)49/h9,11,13-17,20-22,32H,7-8,10,12,18-19,23-25H2,1-6H3/t32-/m1/s1. The minimum Gasteiger partial charge on any atom is -0.456 e. The number of nitro benzene ring substituents is 1. The van der Waals surface area contributed by atoms with Gasteiger partial charge in [-0.1, -0.05) is 38.2 Å². The van der Waals surface area contributed by atoms with E-state index >= 15 is 0 Å². The van der Waals surface area contributed by atoms with Crippen LogP contribution in [-0.4, -0.2) is 70.5 Å². The third-order valence-corrected chi connectivity index (χ3v) is 11.1. The first-order chi connectivity index (χ1) is 25.1. The molecule has 1 atom stereocenters. The number of hydrogen-bond acceptors (Lipinski definition) is 9. The molecular weight excluding hydrogens is 695 g/mol. The molecule has 13 nitrogen and oxygen atoms in total. The van der Waals surface area contributed by atoms with Crippen molar-refractivity contribution in [1.29, 1.82) is 0 Å². The van der Waals surface area contributed by atoms with Crippen molar-refractivity contribution in [3.05, 3.63) is 87.7 Å². The number of aromatic nitrogens is 2. The Balaban J connectivity index is 1.25. The number of hydrogen-bond donors (Lipinski definition) is 0. The van der Waals surface area contributed by atoms with Crippen molar-refractivity contribution in [2.24, 2.45) is 0 Å². The van der Waals surface area contributed by atoms with Gasteiger partial charge in [-0.05, 0) is 75.9 Å². The molecule has 14 heteroatoms. The maximum atomic E-state index is 13.8. The zero-order valence-corrected chi connectivity index (χ0v) is 32.2. The highest BCUT2D eigenvalue weighted by Gasteiger charge is 2.38. The van der Waals surface area contributed by atoms with Gasteiger partial charge in [-0.2, -0.15) is 0 Å². The molecule has 6 rings (SSSR count). The maximum Gasteiger partial charge on any atom is 0.342 e. The molecule has 1 aliphatic carbocycles. The van der Waals surface area contributed by atoms with Crippen LogP contribution in [0.25, 0.3) is 11.0 Å².